The van der Waals surface area contributed by atoms with Crippen molar-refractivity contribution in [3.8, 4) is 0 Å². The lowest BCUT2D eigenvalue weighted by atomic mass is 9.96. The topological polar surface area (TPSA) is 55.6 Å². The first-order chi connectivity index (χ1) is 6.27. The van der Waals surface area contributed by atoms with Crippen LogP contribution in [0.25, 0.3) is 0 Å². The zero-order valence-electron chi connectivity index (χ0n) is 8.16. The molecule has 1 amide bonds. The maximum Gasteiger partial charge on any atom is 0.222 e. The van der Waals surface area contributed by atoms with E-state index in [9.17, 15) is 4.79 Å². The highest BCUT2D eigenvalue weighted by Gasteiger charge is 2.24. The average Bonchev–Trinajstić information content (AvgIpc) is 2.16. The quantitative estimate of drug-likeness (QED) is 0.663. The number of ether oxygens (including phenoxy) is 1. The van der Waals surface area contributed by atoms with Gasteiger partial charge in [0, 0.05) is 26.6 Å². The van der Waals surface area contributed by atoms with Gasteiger partial charge in [-0.2, -0.15) is 0 Å². The van der Waals surface area contributed by atoms with E-state index in [2.05, 4.69) is 0 Å². The Labute approximate surface area is 79.0 Å². The van der Waals surface area contributed by atoms with Gasteiger partial charge in [0.05, 0.1) is 6.61 Å². The number of carbonyl (C=O) groups excluding carboxylic acids is 1. The van der Waals surface area contributed by atoms with Gasteiger partial charge in [-0.05, 0) is 18.9 Å². The molecule has 2 N–H and O–H groups in total. The van der Waals surface area contributed by atoms with Gasteiger partial charge in [0.15, 0.2) is 0 Å². The van der Waals surface area contributed by atoms with E-state index in [-0.39, 0.29) is 5.91 Å². The molecule has 1 aliphatic rings. The summed E-state index contributed by atoms with van der Waals surface area (Å²) in [6, 6.07) is 0. The van der Waals surface area contributed by atoms with Crippen LogP contribution >= 0.6 is 0 Å². The molecule has 0 aromatic carbocycles. The van der Waals surface area contributed by atoms with E-state index < -0.39 is 0 Å². The van der Waals surface area contributed by atoms with E-state index >= 15 is 0 Å². The SMILES string of the molecule is COCCN1CCC(CN)CC1=O. The largest absolute Gasteiger partial charge is 0.383 e. The van der Waals surface area contributed by atoms with E-state index in [1.807, 2.05) is 4.90 Å². The predicted octanol–water partition coefficient (Wildman–Crippen LogP) is -0.170. The molecule has 1 saturated heterocycles. The summed E-state index contributed by atoms with van der Waals surface area (Å²) in [5.41, 5.74) is 5.52. The minimum absolute atomic E-state index is 0.221. The number of hydrogen-bond acceptors (Lipinski definition) is 3. The van der Waals surface area contributed by atoms with Crippen molar-refractivity contribution in [3.63, 3.8) is 0 Å². The van der Waals surface area contributed by atoms with Crippen LogP contribution in [0.2, 0.25) is 0 Å². The van der Waals surface area contributed by atoms with Crippen LogP contribution in [-0.4, -0.2) is 44.2 Å². The van der Waals surface area contributed by atoms with Crippen LogP contribution in [0.1, 0.15) is 12.8 Å². The van der Waals surface area contributed by atoms with E-state index in [1.54, 1.807) is 7.11 Å². The zero-order valence-corrected chi connectivity index (χ0v) is 8.16. The standard InChI is InChI=1S/C9H18N2O2/c1-13-5-4-11-3-2-8(7-10)6-9(11)12/h8H,2-7,10H2,1H3. The molecule has 0 spiro atoms. The molecule has 0 aromatic heterocycles. The maximum atomic E-state index is 11.5. The van der Waals surface area contributed by atoms with Crippen molar-refractivity contribution < 1.29 is 9.53 Å². The fourth-order valence-corrected chi connectivity index (χ4v) is 1.58. The Hall–Kier alpha value is -0.610. The average molecular weight is 186 g/mol. The van der Waals surface area contributed by atoms with Crippen molar-refractivity contribution >= 4 is 5.91 Å². The molecule has 76 valence electrons. The van der Waals surface area contributed by atoms with E-state index in [0.717, 1.165) is 13.0 Å². The molecule has 1 rings (SSSR count). The van der Waals surface area contributed by atoms with Gasteiger partial charge in [-0.25, -0.2) is 0 Å². The van der Waals surface area contributed by atoms with Crippen LogP contribution in [0.15, 0.2) is 0 Å². The molecule has 0 aromatic rings. The monoisotopic (exact) mass is 186 g/mol. The van der Waals surface area contributed by atoms with Crippen LogP contribution in [0.5, 0.6) is 0 Å². The summed E-state index contributed by atoms with van der Waals surface area (Å²) in [6.07, 6.45) is 1.65. The Balaban J connectivity index is 2.31. The number of hydrogen-bond donors (Lipinski definition) is 1. The molecule has 0 aliphatic carbocycles. The van der Waals surface area contributed by atoms with Gasteiger partial charge >= 0.3 is 0 Å². The lowest BCUT2D eigenvalue weighted by molar-refractivity contribution is -0.135. The first kappa shape index (κ1) is 10.5. The van der Waals surface area contributed by atoms with Crippen molar-refractivity contribution in [1.82, 2.24) is 4.90 Å². The molecule has 0 radical (unpaired) electrons. The van der Waals surface area contributed by atoms with Gasteiger partial charge in [0.1, 0.15) is 0 Å². The second kappa shape index (κ2) is 5.19. The second-order valence-electron chi connectivity index (χ2n) is 3.47. The molecule has 4 nitrogen and oxygen atoms in total. The fourth-order valence-electron chi connectivity index (χ4n) is 1.58. The summed E-state index contributed by atoms with van der Waals surface area (Å²) in [5, 5.41) is 0. The number of nitrogens with zero attached hydrogens (tertiary/aromatic N) is 1. The normalized spacial score (nSPS) is 23.7. The molecule has 1 aliphatic heterocycles. The van der Waals surface area contributed by atoms with Crippen LogP contribution < -0.4 is 5.73 Å². The van der Waals surface area contributed by atoms with Crippen molar-refractivity contribution in [2.75, 3.05) is 33.4 Å². The van der Waals surface area contributed by atoms with Crippen LogP contribution in [0.3, 0.4) is 0 Å². The molecular weight excluding hydrogens is 168 g/mol. The third-order valence-electron chi connectivity index (χ3n) is 2.52. The smallest absolute Gasteiger partial charge is 0.222 e. The minimum Gasteiger partial charge on any atom is -0.383 e. The fraction of sp³-hybridized carbons (Fsp3) is 0.889. The number of methoxy groups -OCH3 is 1. The Morgan fingerprint density at radius 1 is 1.69 bits per heavy atom. The first-order valence-electron chi connectivity index (χ1n) is 4.74. The molecule has 0 bridgehead atoms. The Kier molecular flexibility index (Phi) is 4.18. The lowest BCUT2D eigenvalue weighted by Crippen LogP contribution is -2.42. The molecule has 13 heavy (non-hydrogen) atoms. The number of rotatable bonds is 4. The third-order valence-corrected chi connectivity index (χ3v) is 2.52. The molecule has 1 fully saturated rings. The molecule has 1 unspecified atom stereocenters. The van der Waals surface area contributed by atoms with Crippen LogP contribution in [0.4, 0.5) is 0 Å². The summed E-state index contributed by atoms with van der Waals surface area (Å²) in [4.78, 5) is 13.3. The number of amides is 1. The predicted molar refractivity (Wildman–Crippen MR) is 50.2 cm³/mol. The Morgan fingerprint density at radius 2 is 2.46 bits per heavy atom. The van der Waals surface area contributed by atoms with Crippen LogP contribution in [0, 0.1) is 5.92 Å². The Morgan fingerprint density at radius 3 is 3.00 bits per heavy atom. The molecular formula is C9H18N2O2. The summed E-state index contributed by atoms with van der Waals surface area (Å²) in [7, 11) is 1.65. The lowest BCUT2D eigenvalue weighted by Gasteiger charge is -2.30. The van der Waals surface area contributed by atoms with Crippen molar-refractivity contribution in [1.29, 1.82) is 0 Å². The van der Waals surface area contributed by atoms with Gasteiger partial charge in [-0.15, -0.1) is 0 Å². The van der Waals surface area contributed by atoms with Crippen LogP contribution in [-0.2, 0) is 9.53 Å². The molecule has 1 heterocycles. The molecule has 1 atom stereocenters. The van der Waals surface area contributed by atoms with Gasteiger partial charge in [-0.1, -0.05) is 0 Å². The van der Waals surface area contributed by atoms with E-state index in [0.29, 0.717) is 32.0 Å². The minimum atomic E-state index is 0.221. The number of piperidine rings is 1. The second-order valence-corrected chi connectivity index (χ2v) is 3.47. The van der Waals surface area contributed by atoms with E-state index in [1.165, 1.54) is 0 Å². The van der Waals surface area contributed by atoms with Gasteiger partial charge in [0.25, 0.3) is 0 Å². The number of nitrogens with two attached hydrogens (primary N) is 1. The highest BCUT2D eigenvalue weighted by Crippen LogP contribution is 2.16. The highest BCUT2D eigenvalue weighted by molar-refractivity contribution is 5.77. The third kappa shape index (κ3) is 2.97. The number of carbonyl (C=O) groups is 1. The summed E-state index contributed by atoms with van der Waals surface area (Å²) < 4.78 is 4.93. The maximum absolute atomic E-state index is 11.5. The Bertz CT molecular complexity index is 173. The molecule has 0 saturated carbocycles. The summed E-state index contributed by atoms with van der Waals surface area (Å²) in [6.45, 7) is 2.81. The van der Waals surface area contributed by atoms with Crippen molar-refractivity contribution in [3.05, 3.63) is 0 Å². The zero-order chi connectivity index (χ0) is 9.68. The van der Waals surface area contributed by atoms with Crippen molar-refractivity contribution in [2.24, 2.45) is 11.7 Å². The number of likely N-dealkylation sites (tertiary alicyclic amines) is 1. The first-order valence-corrected chi connectivity index (χ1v) is 4.74. The summed E-state index contributed by atoms with van der Waals surface area (Å²) >= 11 is 0. The van der Waals surface area contributed by atoms with E-state index in [4.69, 9.17) is 10.5 Å². The summed E-state index contributed by atoms with van der Waals surface area (Å²) in [5.74, 6) is 0.616. The highest BCUT2D eigenvalue weighted by atomic mass is 16.5. The van der Waals surface area contributed by atoms with Gasteiger partial charge in [0.2, 0.25) is 5.91 Å². The molecule has 4 heteroatoms. The van der Waals surface area contributed by atoms with Gasteiger partial charge < -0.3 is 15.4 Å². The van der Waals surface area contributed by atoms with Gasteiger partial charge in [-0.3, -0.25) is 4.79 Å². The van der Waals surface area contributed by atoms with Crippen molar-refractivity contribution in [2.45, 2.75) is 12.8 Å².